The number of nitriles is 1. The Bertz CT molecular complexity index is 602. The van der Waals surface area contributed by atoms with Gasteiger partial charge >= 0.3 is 0 Å². The number of nitrogens with zero attached hydrogens (tertiary/aromatic N) is 2. The molecule has 1 atom stereocenters. The van der Waals surface area contributed by atoms with Gasteiger partial charge in [0.05, 0.1) is 16.5 Å². The van der Waals surface area contributed by atoms with Gasteiger partial charge in [-0.2, -0.15) is 9.57 Å². The van der Waals surface area contributed by atoms with Gasteiger partial charge in [0.2, 0.25) is 10.0 Å². The van der Waals surface area contributed by atoms with Gasteiger partial charge in [0, 0.05) is 13.1 Å². The topological polar surface area (TPSA) is 61.2 Å². The Hall–Kier alpha value is -1.38. The zero-order valence-corrected chi connectivity index (χ0v) is 11.4. The maximum Gasteiger partial charge on any atom is 0.243 e. The molecule has 1 aromatic carbocycles. The van der Waals surface area contributed by atoms with Crippen molar-refractivity contribution in [1.82, 2.24) is 4.31 Å². The smallest absolute Gasteiger partial charge is 0.207 e. The van der Waals surface area contributed by atoms with Crippen LogP contribution < -0.4 is 0 Å². The van der Waals surface area contributed by atoms with E-state index in [9.17, 15) is 8.42 Å². The van der Waals surface area contributed by atoms with E-state index >= 15 is 0 Å². The molecule has 0 saturated carbocycles. The Morgan fingerprint density at radius 2 is 2.17 bits per heavy atom. The molecule has 18 heavy (non-hydrogen) atoms. The van der Waals surface area contributed by atoms with Crippen molar-refractivity contribution < 1.29 is 8.42 Å². The first-order valence-electron chi connectivity index (χ1n) is 5.96. The Balaban J connectivity index is 2.37. The Labute approximate surface area is 108 Å². The molecule has 0 radical (unpaired) electrons. The molecular formula is C13H16N2O2S. The quantitative estimate of drug-likeness (QED) is 0.819. The number of hydrogen-bond acceptors (Lipinski definition) is 3. The summed E-state index contributed by atoms with van der Waals surface area (Å²) in [6.07, 6.45) is 0.911. The molecule has 0 N–H and O–H groups in total. The maximum absolute atomic E-state index is 12.4. The lowest BCUT2D eigenvalue weighted by Gasteiger charge is -2.16. The van der Waals surface area contributed by atoms with Gasteiger partial charge in [-0.1, -0.05) is 6.92 Å². The van der Waals surface area contributed by atoms with E-state index in [0.29, 0.717) is 30.1 Å². The van der Waals surface area contributed by atoms with Crippen molar-refractivity contribution in [2.24, 2.45) is 5.92 Å². The zero-order chi connectivity index (χ0) is 13.3. The van der Waals surface area contributed by atoms with Crippen LogP contribution in [0.4, 0.5) is 0 Å². The molecule has 5 heteroatoms. The average molecular weight is 264 g/mol. The SMILES string of the molecule is Cc1cc(S(=O)(=O)N2CCC(C)C2)ccc1C#N. The first-order valence-corrected chi connectivity index (χ1v) is 7.40. The minimum absolute atomic E-state index is 0.285. The molecule has 1 aliphatic rings. The molecule has 1 saturated heterocycles. The van der Waals surface area contributed by atoms with Crippen molar-refractivity contribution in [1.29, 1.82) is 5.26 Å². The molecule has 0 aliphatic carbocycles. The van der Waals surface area contributed by atoms with Crippen LogP contribution in [0.15, 0.2) is 23.1 Å². The highest BCUT2D eigenvalue weighted by atomic mass is 32.2. The molecule has 1 fully saturated rings. The predicted molar refractivity (Wildman–Crippen MR) is 68.4 cm³/mol. The molecule has 1 aromatic rings. The van der Waals surface area contributed by atoms with Gasteiger partial charge in [-0.3, -0.25) is 0 Å². The third-order valence-corrected chi connectivity index (χ3v) is 5.20. The second-order valence-corrected chi connectivity index (χ2v) is 6.78. The van der Waals surface area contributed by atoms with Crippen LogP contribution in [0.1, 0.15) is 24.5 Å². The van der Waals surface area contributed by atoms with Gasteiger partial charge in [-0.15, -0.1) is 0 Å². The van der Waals surface area contributed by atoms with Gasteiger partial charge in [-0.25, -0.2) is 8.42 Å². The summed E-state index contributed by atoms with van der Waals surface area (Å²) in [5, 5.41) is 8.85. The highest BCUT2D eigenvalue weighted by Crippen LogP contribution is 2.25. The molecule has 96 valence electrons. The molecule has 0 spiro atoms. The van der Waals surface area contributed by atoms with Crippen molar-refractivity contribution in [3.05, 3.63) is 29.3 Å². The molecule has 0 bridgehead atoms. The highest BCUT2D eigenvalue weighted by Gasteiger charge is 2.30. The number of rotatable bonds is 2. The highest BCUT2D eigenvalue weighted by molar-refractivity contribution is 7.89. The van der Waals surface area contributed by atoms with Crippen LogP contribution in [-0.2, 0) is 10.0 Å². The fourth-order valence-corrected chi connectivity index (χ4v) is 3.84. The van der Waals surface area contributed by atoms with Gasteiger partial charge in [-0.05, 0) is 43.0 Å². The van der Waals surface area contributed by atoms with Crippen LogP contribution in [-0.4, -0.2) is 25.8 Å². The van der Waals surface area contributed by atoms with Gasteiger partial charge in [0.1, 0.15) is 0 Å². The summed E-state index contributed by atoms with van der Waals surface area (Å²) in [4.78, 5) is 0.285. The van der Waals surface area contributed by atoms with E-state index in [0.717, 1.165) is 6.42 Å². The largest absolute Gasteiger partial charge is 0.243 e. The maximum atomic E-state index is 12.4. The van der Waals surface area contributed by atoms with E-state index in [1.807, 2.05) is 6.07 Å². The first-order chi connectivity index (χ1) is 8.45. The minimum atomic E-state index is -3.40. The van der Waals surface area contributed by atoms with Gasteiger partial charge in [0.25, 0.3) is 0 Å². The molecule has 0 amide bonds. The fraction of sp³-hybridized carbons (Fsp3) is 0.462. The van der Waals surface area contributed by atoms with Crippen molar-refractivity contribution in [2.75, 3.05) is 13.1 Å². The molecular weight excluding hydrogens is 248 g/mol. The molecule has 1 heterocycles. The van der Waals surface area contributed by atoms with Crippen LogP contribution >= 0.6 is 0 Å². The van der Waals surface area contributed by atoms with Gasteiger partial charge < -0.3 is 0 Å². The van der Waals surface area contributed by atoms with E-state index in [1.54, 1.807) is 19.1 Å². The molecule has 2 rings (SSSR count). The van der Waals surface area contributed by atoms with E-state index in [4.69, 9.17) is 5.26 Å². The van der Waals surface area contributed by atoms with Gasteiger partial charge in [0.15, 0.2) is 0 Å². The summed E-state index contributed by atoms with van der Waals surface area (Å²) >= 11 is 0. The molecule has 1 unspecified atom stereocenters. The lowest BCUT2D eigenvalue weighted by atomic mass is 10.1. The van der Waals surface area contributed by atoms with Crippen LogP contribution in [0, 0.1) is 24.2 Å². The lowest BCUT2D eigenvalue weighted by molar-refractivity contribution is 0.464. The lowest BCUT2D eigenvalue weighted by Crippen LogP contribution is -2.28. The van der Waals surface area contributed by atoms with Crippen molar-refractivity contribution >= 4 is 10.0 Å². The van der Waals surface area contributed by atoms with Crippen molar-refractivity contribution in [3.8, 4) is 6.07 Å². The summed E-state index contributed by atoms with van der Waals surface area (Å²) in [5.41, 5.74) is 1.22. The number of benzene rings is 1. The normalized spacial score (nSPS) is 20.8. The van der Waals surface area contributed by atoms with Crippen LogP contribution in [0.2, 0.25) is 0 Å². The second-order valence-electron chi connectivity index (χ2n) is 4.85. The summed E-state index contributed by atoms with van der Waals surface area (Å²) in [5.74, 6) is 0.416. The standard InChI is InChI=1S/C13H16N2O2S/c1-10-5-6-15(9-10)18(16,17)13-4-3-12(8-14)11(2)7-13/h3-4,7,10H,5-6,9H2,1-2H3. The van der Waals surface area contributed by atoms with Crippen molar-refractivity contribution in [3.63, 3.8) is 0 Å². The molecule has 4 nitrogen and oxygen atoms in total. The Morgan fingerprint density at radius 1 is 1.44 bits per heavy atom. The third kappa shape index (κ3) is 2.26. The summed E-state index contributed by atoms with van der Waals surface area (Å²) < 4.78 is 26.3. The molecule has 1 aliphatic heterocycles. The fourth-order valence-electron chi connectivity index (χ4n) is 2.18. The second kappa shape index (κ2) is 4.71. The number of sulfonamides is 1. The van der Waals surface area contributed by atoms with Crippen LogP contribution in [0.25, 0.3) is 0 Å². The first kappa shape index (κ1) is 13.1. The average Bonchev–Trinajstić information content (AvgIpc) is 2.76. The van der Waals surface area contributed by atoms with E-state index in [2.05, 4.69) is 6.92 Å². The Morgan fingerprint density at radius 3 is 2.67 bits per heavy atom. The Kier molecular flexibility index (Phi) is 3.42. The third-order valence-electron chi connectivity index (χ3n) is 3.34. The number of aryl methyl sites for hydroxylation is 1. The predicted octanol–water partition coefficient (Wildman–Crippen LogP) is 1.90. The summed E-state index contributed by atoms with van der Waals surface area (Å²) in [6, 6.07) is 6.71. The van der Waals surface area contributed by atoms with Crippen LogP contribution in [0.3, 0.4) is 0 Å². The van der Waals surface area contributed by atoms with E-state index in [1.165, 1.54) is 10.4 Å². The van der Waals surface area contributed by atoms with Crippen LogP contribution in [0.5, 0.6) is 0 Å². The van der Waals surface area contributed by atoms with Crippen molar-refractivity contribution in [2.45, 2.75) is 25.2 Å². The minimum Gasteiger partial charge on any atom is -0.207 e. The molecule has 0 aromatic heterocycles. The number of hydrogen-bond donors (Lipinski definition) is 0. The zero-order valence-electron chi connectivity index (χ0n) is 10.5. The monoisotopic (exact) mass is 264 g/mol. The summed E-state index contributed by atoms with van der Waals surface area (Å²) in [7, 11) is -3.40. The summed E-state index contributed by atoms with van der Waals surface area (Å²) in [6.45, 7) is 4.98. The van der Waals surface area contributed by atoms with E-state index in [-0.39, 0.29) is 4.90 Å². The van der Waals surface area contributed by atoms with E-state index < -0.39 is 10.0 Å².